The number of hydrogen-bond donors (Lipinski definition) is 10. The van der Waals surface area contributed by atoms with Crippen LogP contribution in [0.5, 0.6) is 28.7 Å². The first-order chi connectivity index (χ1) is 20.4. The van der Waals surface area contributed by atoms with Crippen LogP contribution in [-0.2, 0) is 14.2 Å². The minimum absolute atomic E-state index is 0.120. The number of aliphatic hydroxyl groups excluding tert-OH is 7. The van der Waals surface area contributed by atoms with Gasteiger partial charge in [-0.05, 0) is 17.7 Å². The van der Waals surface area contributed by atoms with Gasteiger partial charge in [0.2, 0.25) is 6.29 Å². The summed E-state index contributed by atoms with van der Waals surface area (Å²) in [6.45, 7) is -1.56. The average Bonchev–Trinajstić information content (AvgIpc) is 2.97. The number of rotatable bonds is 7. The van der Waals surface area contributed by atoms with E-state index < -0.39 is 98.0 Å². The smallest absolute Gasteiger partial charge is 0.229 e. The summed E-state index contributed by atoms with van der Waals surface area (Å²) in [7, 11) is 0. The Bertz CT molecular complexity index is 1320. The molecule has 3 heterocycles. The lowest BCUT2D eigenvalue weighted by Crippen LogP contribution is -2.65. The van der Waals surface area contributed by atoms with Crippen LogP contribution >= 0.6 is 0 Å². The number of fused-ring (bicyclic) bond motifs is 1. The van der Waals surface area contributed by atoms with Crippen molar-refractivity contribution in [2.75, 3.05) is 13.2 Å². The lowest BCUT2D eigenvalue weighted by molar-refractivity contribution is -0.357. The molecule has 0 saturated carbocycles. The summed E-state index contributed by atoms with van der Waals surface area (Å²) in [5.41, 5.74) is 0.208. The molecule has 2 fully saturated rings. The van der Waals surface area contributed by atoms with E-state index in [0.717, 1.165) is 12.1 Å². The van der Waals surface area contributed by atoms with Gasteiger partial charge >= 0.3 is 0 Å². The Morgan fingerprint density at radius 1 is 0.767 bits per heavy atom. The van der Waals surface area contributed by atoms with Crippen LogP contribution in [0.15, 0.2) is 30.3 Å². The molecule has 3 aliphatic rings. The van der Waals surface area contributed by atoms with E-state index in [9.17, 15) is 55.9 Å². The molecule has 10 N–H and O–H groups in total. The van der Waals surface area contributed by atoms with Gasteiger partial charge in [0.1, 0.15) is 71.6 Å². The van der Waals surface area contributed by atoms with E-state index in [-0.39, 0.29) is 29.2 Å². The highest BCUT2D eigenvalue weighted by atomic mass is 16.8. The first-order valence-electron chi connectivity index (χ1n) is 13.3. The van der Waals surface area contributed by atoms with Gasteiger partial charge in [-0.3, -0.25) is 4.79 Å². The molecule has 0 aliphatic carbocycles. The van der Waals surface area contributed by atoms with Crippen LogP contribution in [0.25, 0.3) is 0 Å². The van der Waals surface area contributed by atoms with Gasteiger partial charge in [-0.15, -0.1) is 0 Å². The predicted molar refractivity (Wildman–Crippen MR) is 137 cm³/mol. The molecule has 16 heteroatoms. The number of hydrogen-bond acceptors (Lipinski definition) is 16. The topological polar surface area (TPSA) is 266 Å². The number of benzene rings is 2. The van der Waals surface area contributed by atoms with Crippen LogP contribution in [0.1, 0.15) is 28.4 Å². The Labute approximate surface area is 243 Å². The molecule has 2 saturated heterocycles. The largest absolute Gasteiger partial charge is 0.508 e. The number of ether oxygens (including phenoxy) is 5. The number of phenolic OH excluding ortho intramolecular Hbond substituents is 3. The Morgan fingerprint density at radius 2 is 1.42 bits per heavy atom. The second kappa shape index (κ2) is 12.4. The van der Waals surface area contributed by atoms with E-state index >= 15 is 0 Å². The SMILES string of the molecule is O=C1C[C@@H](c2ccc(O)c(O)c2)Oc2cc(O)cc(O[C@@H]3O[C@H](CO)[C@@H](O)[C@H](O)[C@H]3O[C@@H]3O[C@H](CO)[C@@H](O)[C@H](O)[C@H]3O)c21. The molecular weight excluding hydrogens is 580 g/mol. The quantitative estimate of drug-likeness (QED) is 0.145. The van der Waals surface area contributed by atoms with E-state index in [1.54, 1.807) is 0 Å². The molecule has 0 unspecified atom stereocenters. The van der Waals surface area contributed by atoms with Crippen LogP contribution in [0.2, 0.25) is 0 Å². The van der Waals surface area contributed by atoms with E-state index in [4.69, 9.17) is 23.7 Å². The van der Waals surface area contributed by atoms with Crippen molar-refractivity contribution in [3.63, 3.8) is 0 Å². The normalized spacial score (nSPS) is 36.1. The molecule has 16 nitrogen and oxygen atoms in total. The average molecular weight is 613 g/mol. The van der Waals surface area contributed by atoms with Crippen molar-refractivity contribution in [3.8, 4) is 28.7 Å². The molecule has 236 valence electrons. The first-order valence-corrected chi connectivity index (χ1v) is 13.3. The van der Waals surface area contributed by atoms with Crippen molar-refractivity contribution in [2.45, 2.75) is 73.9 Å². The standard InChI is InChI=1S/C27H32O16/c28-7-17-20(34)22(36)24(38)26(41-17)43-25-23(37)21(35)18(8-29)42-27(25)40-16-5-10(30)4-15-19(16)13(33)6-14(39-15)9-1-2-11(31)12(32)3-9/h1-5,14,17-18,20-32,34-38H,6-8H2/t14-,17+,18+,20+,21+,22-,23-,24+,25+,26-,27+/m0/s1. The maximum Gasteiger partial charge on any atom is 0.229 e. The third kappa shape index (κ3) is 5.94. The summed E-state index contributed by atoms with van der Waals surface area (Å²) >= 11 is 0. The highest BCUT2D eigenvalue weighted by Crippen LogP contribution is 2.44. The molecule has 43 heavy (non-hydrogen) atoms. The maximum absolute atomic E-state index is 13.3. The van der Waals surface area contributed by atoms with Gasteiger partial charge in [-0.1, -0.05) is 6.07 Å². The third-order valence-electron chi connectivity index (χ3n) is 7.55. The molecule has 3 aliphatic heterocycles. The van der Waals surface area contributed by atoms with Crippen LogP contribution < -0.4 is 9.47 Å². The van der Waals surface area contributed by atoms with Gasteiger partial charge in [-0.2, -0.15) is 0 Å². The van der Waals surface area contributed by atoms with E-state index in [0.29, 0.717) is 5.56 Å². The Kier molecular flexibility index (Phi) is 8.96. The fourth-order valence-corrected chi connectivity index (χ4v) is 5.18. The highest BCUT2D eigenvalue weighted by Gasteiger charge is 2.51. The third-order valence-corrected chi connectivity index (χ3v) is 7.55. The molecule has 0 aromatic heterocycles. The van der Waals surface area contributed by atoms with Gasteiger partial charge in [-0.25, -0.2) is 0 Å². The lowest BCUT2D eigenvalue weighted by Gasteiger charge is -2.46. The van der Waals surface area contributed by atoms with Gasteiger partial charge in [0.25, 0.3) is 0 Å². The Morgan fingerprint density at radius 3 is 2.07 bits per heavy atom. The predicted octanol–water partition coefficient (Wildman–Crippen LogP) is -2.49. The minimum atomic E-state index is -1.89. The zero-order valence-electron chi connectivity index (χ0n) is 22.3. The van der Waals surface area contributed by atoms with E-state index in [2.05, 4.69) is 0 Å². The fourth-order valence-electron chi connectivity index (χ4n) is 5.18. The Hall–Kier alpha value is -3.29. The van der Waals surface area contributed by atoms with Crippen LogP contribution in [-0.4, -0.2) is 131 Å². The second-order valence-corrected chi connectivity index (χ2v) is 10.4. The lowest BCUT2D eigenvalue weighted by atomic mass is 9.95. The van der Waals surface area contributed by atoms with Gasteiger partial charge in [0.15, 0.2) is 29.7 Å². The number of carbonyl (C=O) groups excluding carboxylic acids is 1. The first kappa shape index (κ1) is 31.1. The Balaban J connectivity index is 1.44. The van der Waals surface area contributed by atoms with Gasteiger partial charge in [0, 0.05) is 12.1 Å². The molecule has 2 aromatic rings. The summed E-state index contributed by atoms with van der Waals surface area (Å²) < 4.78 is 28.3. The molecule has 0 bridgehead atoms. The summed E-state index contributed by atoms with van der Waals surface area (Å²) in [4.78, 5) is 13.3. The number of ketones is 1. The molecule has 2 aromatic carbocycles. The maximum atomic E-state index is 13.3. The van der Waals surface area contributed by atoms with E-state index in [1.807, 2.05) is 0 Å². The molecule has 5 rings (SSSR count). The number of carbonyl (C=O) groups is 1. The van der Waals surface area contributed by atoms with Crippen molar-refractivity contribution in [1.29, 1.82) is 0 Å². The van der Waals surface area contributed by atoms with Crippen LogP contribution in [0.4, 0.5) is 0 Å². The highest BCUT2D eigenvalue weighted by molar-refractivity contribution is 6.02. The van der Waals surface area contributed by atoms with E-state index in [1.165, 1.54) is 18.2 Å². The van der Waals surface area contributed by atoms with Crippen LogP contribution in [0, 0.1) is 0 Å². The van der Waals surface area contributed by atoms with Crippen molar-refractivity contribution in [3.05, 3.63) is 41.5 Å². The zero-order chi connectivity index (χ0) is 31.2. The molecule has 0 spiro atoms. The summed E-state index contributed by atoms with van der Waals surface area (Å²) in [5.74, 6) is -2.18. The van der Waals surface area contributed by atoms with Crippen molar-refractivity contribution in [2.24, 2.45) is 0 Å². The summed E-state index contributed by atoms with van der Waals surface area (Å²) in [6, 6.07) is 6.07. The number of phenols is 3. The molecule has 11 atom stereocenters. The number of aliphatic hydroxyl groups is 7. The van der Waals surface area contributed by atoms with Crippen molar-refractivity contribution < 1.29 is 79.5 Å². The second-order valence-electron chi connectivity index (χ2n) is 10.4. The fraction of sp³-hybridized carbons (Fsp3) is 0.519. The molecule has 0 radical (unpaired) electrons. The van der Waals surface area contributed by atoms with Crippen molar-refractivity contribution >= 4 is 5.78 Å². The monoisotopic (exact) mass is 612 g/mol. The van der Waals surface area contributed by atoms with Crippen LogP contribution in [0.3, 0.4) is 0 Å². The number of aromatic hydroxyl groups is 3. The summed E-state index contributed by atoms with van der Waals surface area (Å²) in [5, 5.41) is 101. The number of Topliss-reactive ketones (excluding diaryl/α,β-unsaturated/α-hetero) is 1. The minimum Gasteiger partial charge on any atom is -0.508 e. The summed E-state index contributed by atoms with van der Waals surface area (Å²) in [6.07, 6.45) is -18.2. The molecule has 0 amide bonds. The molecular formula is C27H32O16. The van der Waals surface area contributed by atoms with Gasteiger partial charge in [0.05, 0.1) is 19.6 Å². The van der Waals surface area contributed by atoms with Gasteiger partial charge < -0.3 is 74.7 Å². The zero-order valence-corrected chi connectivity index (χ0v) is 22.3. The van der Waals surface area contributed by atoms with Crippen molar-refractivity contribution in [1.82, 2.24) is 0 Å².